The predicted molar refractivity (Wildman–Crippen MR) is 87.6 cm³/mol. The lowest BCUT2D eigenvalue weighted by Gasteiger charge is -2.32. The highest BCUT2D eigenvalue weighted by Gasteiger charge is 2.32. The lowest BCUT2D eigenvalue weighted by Crippen LogP contribution is -2.50. The molecule has 0 saturated carbocycles. The van der Waals surface area contributed by atoms with Gasteiger partial charge in [0.15, 0.2) is 0 Å². The average Bonchev–Trinajstić information content (AvgIpc) is 2.36. The summed E-state index contributed by atoms with van der Waals surface area (Å²) in [6.45, 7) is 12.1. The second-order valence-electron chi connectivity index (χ2n) is 6.46. The predicted octanol–water partition coefficient (Wildman–Crippen LogP) is 3.50. The van der Waals surface area contributed by atoms with Gasteiger partial charge in [-0.3, -0.25) is 0 Å². The number of nitrogens with one attached hydrogen (secondary N) is 1. The van der Waals surface area contributed by atoms with E-state index in [1.54, 1.807) is 0 Å². The third-order valence-corrected chi connectivity index (χ3v) is 4.98. The molecular formula is C17H25NOS. The van der Waals surface area contributed by atoms with Gasteiger partial charge in [0, 0.05) is 5.56 Å². The maximum absolute atomic E-state index is 12.3. The van der Waals surface area contributed by atoms with E-state index >= 15 is 0 Å². The first-order valence-electron chi connectivity index (χ1n) is 6.93. The summed E-state index contributed by atoms with van der Waals surface area (Å²) in [7, 11) is -1.14. The minimum absolute atomic E-state index is 0.255. The fourth-order valence-electron chi connectivity index (χ4n) is 1.36. The second-order valence-corrected chi connectivity index (χ2v) is 8.42. The van der Waals surface area contributed by atoms with Gasteiger partial charge in [-0.15, -0.1) is 0 Å². The Morgan fingerprint density at radius 2 is 1.65 bits per heavy atom. The molecule has 0 unspecified atom stereocenters. The zero-order valence-corrected chi connectivity index (χ0v) is 14.1. The third kappa shape index (κ3) is 4.77. The molecule has 1 N–H and O–H groups in total. The van der Waals surface area contributed by atoms with Gasteiger partial charge >= 0.3 is 0 Å². The number of hydrogen-bond donors (Lipinski definition) is 1. The van der Waals surface area contributed by atoms with E-state index in [0.29, 0.717) is 0 Å². The van der Waals surface area contributed by atoms with Crippen molar-refractivity contribution in [1.29, 1.82) is 0 Å². The van der Waals surface area contributed by atoms with Gasteiger partial charge in [-0.25, -0.2) is 8.93 Å². The van der Waals surface area contributed by atoms with E-state index in [1.807, 2.05) is 58.0 Å². The van der Waals surface area contributed by atoms with E-state index in [-0.39, 0.29) is 10.7 Å². The maximum Gasteiger partial charge on any atom is 0.0983 e. The van der Waals surface area contributed by atoms with Crippen LogP contribution in [-0.4, -0.2) is 14.5 Å². The molecule has 2 nitrogen and oxygen atoms in total. The van der Waals surface area contributed by atoms with Gasteiger partial charge in [0.1, 0.15) is 0 Å². The molecule has 0 aromatic heterocycles. The Hall–Kier alpha value is -1.11. The van der Waals surface area contributed by atoms with Crippen molar-refractivity contribution < 1.29 is 4.21 Å². The number of benzene rings is 1. The van der Waals surface area contributed by atoms with Crippen molar-refractivity contribution in [2.24, 2.45) is 5.92 Å². The highest BCUT2D eigenvalue weighted by molar-refractivity contribution is 7.84. The maximum atomic E-state index is 12.3. The molecule has 2 atom stereocenters. The van der Waals surface area contributed by atoms with E-state index in [0.717, 1.165) is 5.56 Å². The molecule has 0 aliphatic heterocycles. The topological polar surface area (TPSA) is 29.1 Å². The average molecular weight is 291 g/mol. The molecular weight excluding hydrogens is 266 g/mol. The summed E-state index contributed by atoms with van der Waals surface area (Å²) >= 11 is 0. The van der Waals surface area contributed by atoms with Crippen LogP contribution in [0, 0.1) is 17.8 Å². The fraction of sp³-hybridized carbons (Fsp3) is 0.529. The zero-order valence-electron chi connectivity index (χ0n) is 13.3. The standard InChI is InChI=1S/C17H25NOS/c1-14(2)17(6,18-20(19)16(3,4)5)13-12-15-10-8-7-9-11-15/h7-11,14,18H,1-6H3/t17-,20+/m1/s1. The molecule has 0 radical (unpaired) electrons. The summed E-state index contributed by atoms with van der Waals surface area (Å²) in [6, 6.07) is 9.87. The van der Waals surface area contributed by atoms with Gasteiger partial charge < -0.3 is 0 Å². The van der Waals surface area contributed by atoms with Crippen molar-refractivity contribution in [1.82, 2.24) is 4.72 Å². The van der Waals surface area contributed by atoms with Crippen molar-refractivity contribution >= 4 is 11.0 Å². The zero-order chi connectivity index (χ0) is 15.4. The summed E-state index contributed by atoms with van der Waals surface area (Å²) in [5, 5.41) is 0. The Morgan fingerprint density at radius 1 is 1.10 bits per heavy atom. The molecule has 0 aliphatic carbocycles. The van der Waals surface area contributed by atoms with Crippen molar-refractivity contribution in [3.8, 4) is 11.8 Å². The van der Waals surface area contributed by atoms with Gasteiger partial charge in [-0.1, -0.05) is 43.9 Å². The van der Waals surface area contributed by atoms with Crippen LogP contribution in [0.4, 0.5) is 0 Å². The van der Waals surface area contributed by atoms with Gasteiger partial charge in [-0.05, 0) is 45.7 Å². The number of hydrogen-bond acceptors (Lipinski definition) is 1. The Kier molecular flexibility index (Phi) is 5.56. The molecule has 1 aromatic carbocycles. The Bertz CT molecular complexity index is 519. The van der Waals surface area contributed by atoms with E-state index in [1.165, 1.54) is 0 Å². The Balaban J connectivity index is 3.00. The van der Waals surface area contributed by atoms with Crippen LogP contribution in [0.1, 0.15) is 47.1 Å². The minimum Gasteiger partial charge on any atom is -0.242 e. The largest absolute Gasteiger partial charge is 0.242 e. The first-order valence-corrected chi connectivity index (χ1v) is 8.08. The molecule has 0 fully saturated rings. The Morgan fingerprint density at radius 3 is 2.10 bits per heavy atom. The minimum atomic E-state index is -1.14. The molecule has 1 rings (SSSR count). The SMILES string of the molecule is CC(C)[C@@](C)(C#Cc1ccccc1)N[S@@](=O)C(C)(C)C. The van der Waals surface area contributed by atoms with E-state index in [2.05, 4.69) is 30.4 Å². The van der Waals surface area contributed by atoms with E-state index < -0.39 is 16.5 Å². The molecule has 0 aliphatic rings. The smallest absolute Gasteiger partial charge is 0.0983 e. The number of rotatable bonds is 3. The van der Waals surface area contributed by atoms with Crippen LogP contribution in [0.3, 0.4) is 0 Å². The molecule has 3 heteroatoms. The van der Waals surface area contributed by atoms with Crippen LogP contribution in [0.25, 0.3) is 0 Å². The molecule has 0 spiro atoms. The first kappa shape index (κ1) is 16.9. The summed E-state index contributed by atoms with van der Waals surface area (Å²) in [4.78, 5) is 0. The highest BCUT2D eigenvalue weighted by atomic mass is 32.2. The molecule has 110 valence electrons. The molecule has 0 bridgehead atoms. The van der Waals surface area contributed by atoms with E-state index in [4.69, 9.17) is 0 Å². The Labute approximate surface area is 126 Å². The van der Waals surface area contributed by atoms with Crippen molar-refractivity contribution in [3.63, 3.8) is 0 Å². The monoisotopic (exact) mass is 291 g/mol. The van der Waals surface area contributed by atoms with Gasteiger partial charge in [0.2, 0.25) is 0 Å². The summed E-state index contributed by atoms with van der Waals surface area (Å²) in [6.07, 6.45) is 0. The van der Waals surface area contributed by atoms with Crippen molar-refractivity contribution in [2.75, 3.05) is 0 Å². The summed E-state index contributed by atoms with van der Waals surface area (Å²) in [5.41, 5.74) is 0.497. The molecule has 0 saturated heterocycles. The second kappa shape index (κ2) is 6.56. The van der Waals surface area contributed by atoms with Crippen LogP contribution in [0.2, 0.25) is 0 Å². The molecule has 20 heavy (non-hydrogen) atoms. The highest BCUT2D eigenvalue weighted by Crippen LogP contribution is 2.20. The lowest BCUT2D eigenvalue weighted by molar-refractivity contribution is 0.398. The molecule has 0 amide bonds. The van der Waals surface area contributed by atoms with Crippen molar-refractivity contribution in [2.45, 2.75) is 51.8 Å². The summed E-state index contributed by atoms with van der Waals surface area (Å²) < 4.78 is 15.2. The van der Waals surface area contributed by atoms with Crippen LogP contribution in [0.15, 0.2) is 30.3 Å². The quantitative estimate of drug-likeness (QED) is 0.848. The van der Waals surface area contributed by atoms with Crippen LogP contribution in [-0.2, 0) is 11.0 Å². The lowest BCUT2D eigenvalue weighted by atomic mass is 9.90. The van der Waals surface area contributed by atoms with E-state index in [9.17, 15) is 4.21 Å². The van der Waals surface area contributed by atoms with Crippen molar-refractivity contribution in [3.05, 3.63) is 35.9 Å². The van der Waals surface area contributed by atoms with Crippen LogP contribution < -0.4 is 4.72 Å². The normalized spacial score (nSPS) is 16.1. The van der Waals surface area contributed by atoms with Crippen LogP contribution >= 0.6 is 0 Å². The molecule has 1 aromatic rings. The van der Waals surface area contributed by atoms with Gasteiger partial charge in [0.25, 0.3) is 0 Å². The third-order valence-electron chi connectivity index (χ3n) is 3.26. The van der Waals surface area contributed by atoms with Gasteiger partial charge in [-0.2, -0.15) is 0 Å². The fourth-order valence-corrected chi connectivity index (χ4v) is 2.33. The summed E-state index contributed by atoms with van der Waals surface area (Å²) in [5.74, 6) is 6.69. The molecule has 0 heterocycles. The van der Waals surface area contributed by atoms with Crippen LogP contribution in [0.5, 0.6) is 0 Å². The first-order chi connectivity index (χ1) is 9.15. The van der Waals surface area contributed by atoms with Gasteiger partial charge in [0.05, 0.1) is 21.3 Å².